The van der Waals surface area contributed by atoms with Crippen molar-refractivity contribution in [2.45, 2.75) is 25.2 Å². The van der Waals surface area contributed by atoms with Crippen molar-refractivity contribution in [3.8, 4) is 0 Å². The summed E-state index contributed by atoms with van der Waals surface area (Å²) in [5, 5.41) is 27.7. The first-order valence-corrected chi connectivity index (χ1v) is 6.84. The molecule has 0 saturated heterocycles. The van der Waals surface area contributed by atoms with E-state index in [4.69, 9.17) is 0 Å². The van der Waals surface area contributed by atoms with E-state index in [2.05, 4.69) is 13.2 Å². The Balaban J connectivity index is 4.60. The maximum absolute atomic E-state index is 11.2. The van der Waals surface area contributed by atoms with Gasteiger partial charge in [-0.05, 0) is 0 Å². The molecule has 0 heterocycles. The molecule has 8 nitrogen and oxygen atoms in total. The fraction of sp³-hybridized carbons (Fsp3) is 0.556. The van der Waals surface area contributed by atoms with Gasteiger partial charge in [0, 0.05) is 0 Å². The fourth-order valence-electron chi connectivity index (χ4n) is 0.837. The standard InChI is InChI=1S/C6H10O6.C3H5O.O.Ti/c1-2-3(7)4(8)6(11,12)5(9)10;1-2-3-4;;/h4,8,11-12H,2H2,1H3,(H,9,10);2H,1,3H2;;/q;-1;;+2/p-1. The van der Waals surface area contributed by atoms with Gasteiger partial charge >= 0.3 is 110 Å². The SMILES string of the molecule is C=CC[O][Ti](=[O])[O]C(=O)C(O)(O)C(O)C(=O)CC. The van der Waals surface area contributed by atoms with E-state index in [1.807, 2.05) is 0 Å². The summed E-state index contributed by atoms with van der Waals surface area (Å²) in [4.78, 5) is 22.2. The second kappa shape index (κ2) is 7.62. The summed E-state index contributed by atoms with van der Waals surface area (Å²) < 4.78 is 19.7. The molecule has 0 aliphatic rings. The molecule has 0 bridgehead atoms. The molecular formula is C9H14O8Ti. The van der Waals surface area contributed by atoms with Crippen molar-refractivity contribution in [2.24, 2.45) is 0 Å². The number of hydrogen-bond donors (Lipinski definition) is 3. The molecule has 3 N–H and O–H groups in total. The quantitative estimate of drug-likeness (QED) is 0.282. The molecule has 0 fully saturated rings. The van der Waals surface area contributed by atoms with E-state index in [1.165, 1.54) is 13.0 Å². The minimum absolute atomic E-state index is 0.146. The van der Waals surface area contributed by atoms with Crippen LogP contribution >= 0.6 is 0 Å². The number of ketones is 1. The molecule has 9 heteroatoms. The molecule has 1 unspecified atom stereocenters. The van der Waals surface area contributed by atoms with E-state index in [9.17, 15) is 28.2 Å². The number of rotatable bonds is 8. The molecule has 0 spiro atoms. The van der Waals surface area contributed by atoms with E-state index >= 15 is 0 Å². The number of aliphatic hydroxyl groups excluding tert-OH is 1. The van der Waals surface area contributed by atoms with E-state index < -0.39 is 42.3 Å². The van der Waals surface area contributed by atoms with Crippen LogP contribution in [0.15, 0.2) is 12.7 Å². The first kappa shape index (κ1) is 17.2. The molecule has 0 aromatic heterocycles. The average Bonchev–Trinajstić information content (AvgIpc) is 2.33. The van der Waals surface area contributed by atoms with Crippen molar-refractivity contribution in [2.75, 3.05) is 6.61 Å². The predicted molar refractivity (Wildman–Crippen MR) is 51.4 cm³/mol. The van der Waals surface area contributed by atoms with Crippen LogP contribution in [0.5, 0.6) is 0 Å². The number of Topliss-reactive ketones (excluding diaryl/α,β-unsaturated/α-hetero) is 1. The molecule has 0 aromatic rings. The molecule has 0 aliphatic heterocycles. The Kier molecular flexibility index (Phi) is 7.30. The van der Waals surface area contributed by atoms with Gasteiger partial charge in [-0.25, -0.2) is 0 Å². The Morgan fingerprint density at radius 3 is 2.50 bits per heavy atom. The monoisotopic (exact) mass is 298 g/mol. The Morgan fingerprint density at radius 2 is 2.06 bits per heavy atom. The molecule has 1 atom stereocenters. The minimum atomic E-state index is -3.94. The third kappa shape index (κ3) is 4.85. The first-order chi connectivity index (χ1) is 8.27. The molecule has 18 heavy (non-hydrogen) atoms. The summed E-state index contributed by atoms with van der Waals surface area (Å²) in [5.74, 6) is -6.23. The maximum atomic E-state index is 11.2. The van der Waals surface area contributed by atoms with Crippen LogP contribution in [0.3, 0.4) is 0 Å². The van der Waals surface area contributed by atoms with Gasteiger partial charge in [0.25, 0.3) is 0 Å². The zero-order valence-electron chi connectivity index (χ0n) is 9.66. The Labute approximate surface area is 110 Å². The van der Waals surface area contributed by atoms with E-state index in [-0.39, 0.29) is 13.0 Å². The van der Waals surface area contributed by atoms with Gasteiger partial charge in [0.2, 0.25) is 0 Å². The van der Waals surface area contributed by atoms with Crippen molar-refractivity contribution in [3.05, 3.63) is 12.7 Å². The number of aliphatic hydroxyl groups is 3. The van der Waals surface area contributed by atoms with Crippen molar-refractivity contribution in [1.29, 1.82) is 0 Å². The van der Waals surface area contributed by atoms with Gasteiger partial charge in [-0.1, -0.05) is 0 Å². The van der Waals surface area contributed by atoms with E-state index in [0.29, 0.717) is 0 Å². The summed E-state index contributed by atoms with van der Waals surface area (Å²) in [5.41, 5.74) is 0. The second-order valence-electron chi connectivity index (χ2n) is 3.19. The molecular weight excluding hydrogens is 284 g/mol. The second-order valence-corrected chi connectivity index (χ2v) is 4.74. The Morgan fingerprint density at radius 1 is 1.50 bits per heavy atom. The molecule has 102 valence electrons. The van der Waals surface area contributed by atoms with Gasteiger partial charge in [-0.3, -0.25) is 0 Å². The van der Waals surface area contributed by atoms with Crippen molar-refractivity contribution in [1.82, 2.24) is 0 Å². The van der Waals surface area contributed by atoms with Gasteiger partial charge in [0.15, 0.2) is 0 Å². The Hall–Kier alpha value is -0.766. The van der Waals surface area contributed by atoms with Crippen LogP contribution in [0.1, 0.15) is 13.3 Å². The van der Waals surface area contributed by atoms with E-state index in [1.54, 1.807) is 0 Å². The molecule has 0 rings (SSSR count). The summed E-state index contributed by atoms with van der Waals surface area (Å²) >= 11 is -3.94. The van der Waals surface area contributed by atoms with Crippen LogP contribution in [-0.4, -0.2) is 45.6 Å². The van der Waals surface area contributed by atoms with Crippen LogP contribution in [0.2, 0.25) is 0 Å². The zero-order valence-corrected chi connectivity index (χ0v) is 11.2. The molecule has 0 saturated carbocycles. The predicted octanol–water partition coefficient (Wildman–Crippen LogP) is -1.45. The van der Waals surface area contributed by atoms with Gasteiger partial charge < -0.3 is 0 Å². The normalized spacial score (nSPS) is 12.7. The van der Waals surface area contributed by atoms with Crippen molar-refractivity contribution < 1.29 is 53.5 Å². The van der Waals surface area contributed by atoms with Crippen LogP contribution in [0.4, 0.5) is 0 Å². The van der Waals surface area contributed by atoms with Gasteiger partial charge in [-0.15, -0.1) is 0 Å². The number of carbonyl (C=O) groups is 2. The van der Waals surface area contributed by atoms with Gasteiger partial charge in [-0.2, -0.15) is 0 Å². The summed E-state index contributed by atoms with van der Waals surface area (Å²) in [6, 6.07) is 0. The third-order valence-corrected chi connectivity index (χ3v) is 3.01. The fourth-order valence-corrected chi connectivity index (χ4v) is 1.80. The topological polar surface area (TPSA) is 130 Å². The van der Waals surface area contributed by atoms with E-state index in [0.717, 1.165) is 0 Å². The zero-order chi connectivity index (χ0) is 14.3. The molecule has 0 radical (unpaired) electrons. The van der Waals surface area contributed by atoms with Gasteiger partial charge in [0.1, 0.15) is 0 Å². The van der Waals surface area contributed by atoms with Crippen LogP contribution < -0.4 is 0 Å². The molecule has 0 aliphatic carbocycles. The number of carbonyl (C=O) groups excluding carboxylic acids is 2. The molecule has 0 aromatic carbocycles. The van der Waals surface area contributed by atoms with Gasteiger partial charge in [0.05, 0.1) is 0 Å². The summed E-state index contributed by atoms with van der Waals surface area (Å²) in [6.45, 7) is 4.47. The summed E-state index contributed by atoms with van der Waals surface area (Å²) in [7, 11) is 0. The number of hydrogen-bond acceptors (Lipinski definition) is 8. The Bertz CT molecular complexity index is 350. The summed E-state index contributed by atoms with van der Waals surface area (Å²) in [6.07, 6.45) is -1.34. The van der Waals surface area contributed by atoms with Crippen molar-refractivity contribution in [3.63, 3.8) is 0 Å². The first-order valence-electron chi connectivity index (χ1n) is 4.92. The molecule has 0 amide bonds. The van der Waals surface area contributed by atoms with Crippen LogP contribution in [0, 0.1) is 0 Å². The average molecular weight is 298 g/mol. The third-order valence-electron chi connectivity index (χ3n) is 1.83. The van der Waals surface area contributed by atoms with Crippen molar-refractivity contribution >= 4 is 11.8 Å². The van der Waals surface area contributed by atoms with Crippen LogP contribution in [0.25, 0.3) is 0 Å². The van der Waals surface area contributed by atoms with Crippen LogP contribution in [-0.2, 0) is 38.2 Å².